The van der Waals surface area contributed by atoms with Crippen molar-refractivity contribution in [1.29, 1.82) is 0 Å². The summed E-state index contributed by atoms with van der Waals surface area (Å²) in [4.78, 5) is 40.3. The van der Waals surface area contributed by atoms with Crippen LogP contribution in [0.4, 0.5) is 10.2 Å². The Morgan fingerprint density at radius 1 is 1.04 bits per heavy atom. The average molecular weight is 685 g/mol. The maximum atomic E-state index is 16.7. The number of methoxy groups -OCH3 is 1. The zero-order valence-electron chi connectivity index (χ0n) is 29.1. The second kappa shape index (κ2) is 13.2. The molecule has 2 fully saturated rings. The van der Waals surface area contributed by atoms with E-state index in [1.807, 2.05) is 45.9 Å². The van der Waals surface area contributed by atoms with Crippen molar-refractivity contribution in [2.45, 2.75) is 58.3 Å². The van der Waals surface area contributed by atoms with E-state index in [0.717, 1.165) is 5.82 Å². The first kappa shape index (κ1) is 33.7. The lowest BCUT2D eigenvalue weighted by molar-refractivity contribution is -0.131. The fraction of sp³-hybridized carbons (Fsp3) is 0.457. The molecule has 0 atom stereocenters. The monoisotopic (exact) mass is 684 g/mol. The molecule has 1 aromatic carbocycles. The van der Waals surface area contributed by atoms with Crippen LogP contribution in [0.3, 0.4) is 0 Å². The number of aromatic nitrogens is 5. The van der Waals surface area contributed by atoms with E-state index in [4.69, 9.17) is 14.0 Å². The summed E-state index contributed by atoms with van der Waals surface area (Å²) in [7, 11) is 0.809. The molecule has 3 aliphatic rings. The van der Waals surface area contributed by atoms with Gasteiger partial charge in [0.15, 0.2) is 17.4 Å². The maximum absolute atomic E-state index is 16.7. The highest BCUT2D eigenvalue weighted by Crippen LogP contribution is 2.38. The van der Waals surface area contributed by atoms with Gasteiger partial charge < -0.3 is 33.7 Å². The molecule has 15 heteroatoms. The lowest BCUT2D eigenvalue weighted by Gasteiger charge is -2.35. The van der Waals surface area contributed by atoms with E-state index in [-0.39, 0.29) is 36.0 Å². The number of H-pyrrole nitrogens is 1. The van der Waals surface area contributed by atoms with Gasteiger partial charge in [0.1, 0.15) is 5.69 Å². The molecule has 6 heterocycles. The van der Waals surface area contributed by atoms with Crippen molar-refractivity contribution in [3.63, 3.8) is 0 Å². The molecule has 50 heavy (non-hydrogen) atoms. The van der Waals surface area contributed by atoms with Crippen LogP contribution in [0.15, 0.2) is 48.9 Å². The van der Waals surface area contributed by atoms with Crippen molar-refractivity contribution in [3.05, 3.63) is 66.0 Å². The van der Waals surface area contributed by atoms with Gasteiger partial charge in [0.25, 0.3) is 5.91 Å². The smallest absolute Gasteiger partial charge is 0.493 e. The highest BCUT2D eigenvalue weighted by atomic mass is 19.1. The maximum Gasteiger partial charge on any atom is 0.495 e. The number of fused-ring (bicyclic) bond motifs is 1. The number of rotatable bonds is 8. The van der Waals surface area contributed by atoms with E-state index in [2.05, 4.69) is 25.2 Å². The van der Waals surface area contributed by atoms with Gasteiger partial charge >= 0.3 is 7.12 Å². The Kier molecular flexibility index (Phi) is 8.89. The van der Waals surface area contributed by atoms with Gasteiger partial charge in [0, 0.05) is 69.0 Å². The number of nitrogens with zero attached hydrogens (tertiary/aromatic N) is 7. The summed E-state index contributed by atoms with van der Waals surface area (Å²) in [5, 5.41) is 8.26. The zero-order valence-corrected chi connectivity index (χ0v) is 29.1. The topological polar surface area (TPSA) is 131 Å². The Morgan fingerprint density at radius 2 is 1.80 bits per heavy atom. The number of hydrogen-bond acceptors (Lipinski definition) is 9. The Hall–Kier alpha value is -4.76. The number of halogens is 1. The molecule has 4 aromatic rings. The Bertz CT molecular complexity index is 1920. The Balaban J connectivity index is 1.18. The molecule has 0 aliphatic carbocycles. The van der Waals surface area contributed by atoms with Crippen LogP contribution in [-0.2, 0) is 20.6 Å². The van der Waals surface area contributed by atoms with Crippen LogP contribution in [0.1, 0.15) is 56.6 Å². The van der Waals surface area contributed by atoms with Gasteiger partial charge in [-0.15, -0.1) is 5.10 Å². The third-order valence-corrected chi connectivity index (χ3v) is 10.3. The van der Waals surface area contributed by atoms with E-state index < -0.39 is 24.1 Å². The summed E-state index contributed by atoms with van der Waals surface area (Å²) in [5.74, 6) is 0.650. The number of aromatic amines is 1. The zero-order chi connectivity index (χ0) is 35.2. The minimum absolute atomic E-state index is 0.0480. The van der Waals surface area contributed by atoms with Crippen LogP contribution in [0.25, 0.3) is 16.5 Å². The van der Waals surface area contributed by atoms with Crippen LogP contribution in [0, 0.1) is 5.82 Å². The van der Waals surface area contributed by atoms with Gasteiger partial charge in [0.05, 0.1) is 36.6 Å². The lowest BCUT2D eigenvalue weighted by atomic mass is 9.75. The summed E-state index contributed by atoms with van der Waals surface area (Å²) in [6.45, 7) is 11.1. The standard InChI is InChI=1S/C35H42BFN8O5/c1-34(2)35(3,4)50-36(49-34)26-20-24(23-8-7-13-44(22-23)29(46)10-14-45-15-12-39-41-45)30(37)31-25(26)21-27(40-31)33(47)43-18-16-42(17-19-43)32-28(48-5)9-6-11-38-32/h6,8-9,11-12,15,20-21,40H,7,10,13-14,16-19,22H2,1-5H3. The lowest BCUT2D eigenvalue weighted by Crippen LogP contribution is -2.49. The van der Waals surface area contributed by atoms with Gasteiger partial charge in [-0.25, -0.2) is 9.37 Å². The first-order valence-electron chi connectivity index (χ1n) is 17.0. The van der Waals surface area contributed by atoms with E-state index in [0.29, 0.717) is 73.4 Å². The molecule has 0 unspecified atom stereocenters. The quantitative estimate of drug-likeness (QED) is 0.278. The van der Waals surface area contributed by atoms with E-state index in [1.165, 1.54) is 0 Å². The fourth-order valence-corrected chi connectivity index (χ4v) is 6.74. The average Bonchev–Trinajstić information content (AvgIpc) is 3.85. The normalized spacial score (nSPS) is 18.9. The van der Waals surface area contributed by atoms with Crippen molar-refractivity contribution < 1.29 is 28.0 Å². The van der Waals surface area contributed by atoms with Gasteiger partial charge in [-0.05, 0) is 63.4 Å². The molecule has 7 rings (SSSR count). The third kappa shape index (κ3) is 6.24. The summed E-state index contributed by atoms with van der Waals surface area (Å²) < 4.78 is 36.7. The summed E-state index contributed by atoms with van der Waals surface area (Å²) in [6, 6.07) is 7.15. The number of piperazine rings is 1. The molecule has 2 saturated heterocycles. The number of pyridine rings is 1. The van der Waals surface area contributed by atoms with Crippen LogP contribution in [-0.4, -0.2) is 111 Å². The number of carbonyl (C=O) groups excluding carboxylic acids is 2. The summed E-state index contributed by atoms with van der Waals surface area (Å²) in [5.41, 5.74) is 0.846. The molecule has 1 N–H and O–H groups in total. The molecule has 3 aliphatic heterocycles. The molecule has 0 radical (unpaired) electrons. The van der Waals surface area contributed by atoms with Crippen molar-refractivity contribution >= 4 is 46.7 Å². The minimum Gasteiger partial charge on any atom is -0.493 e. The predicted octanol–water partition coefficient (Wildman–Crippen LogP) is 3.27. The minimum atomic E-state index is -0.804. The molecule has 13 nitrogen and oxygen atoms in total. The number of benzene rings is 1. The number of hydrogen-bond donors (Lipinski definition) is 1. The van der Waals surface area contributed by atoms with E-state index in [9.17, 15) is 9.59 Å². The first-order chi connectivity index (χ1) is 24.0. The number of anilines is 1. The molecule has 0 spiro atoms. The summed E-state index contributed by atoms with van der Waals surface area (Å²) in [6.07, 6.45) is 7.82. The molecule has 3 aromatic heterocycles. The van der Waals surface area contributed by atoms with Gasteiger partial charge in [-0.1, -0.05) is 17.4 Å². The molecule has 0 saturated carbocycles. The number of amides is 2. The van der Waals surface area contributed by atoms with Gasteiger partial charge in [-0.3, -0.25) is 14.3 Å². The SMILES string of the molecule is COc1cccnc1N1CCN(C(=O)c2cc3c(B4OC(C)(C)C(C)(C)O4)cc(C4=CCCN(C(=O)CCn5ccnn5)C4)c(F)c3[nH]2)CC1. The number of aryl methyl sites for hydroxylation is 1. The number of nitrogens with one attached hydrogen (secondary N) is 1. The third-order valence-electron chi connectivity index (χ3n) is 10.3. The molecular formula is C35H42BFN8O5. The molecular weight excluding hydrogens is 642 g/mol. The van der Waals surface area contributed by atoms with Crippen LogP contribution < -0.4 is 15.1 Å². The van der Waals surface area contributed by atoms with Crippen molar-refractivity contribution in [3.8, 4) is 5.75 Å². The highest BCUT2D eigenvalue weighted by molar-refractivity contribution is 6.65. The largest absolute Gasteiger partial charge is 0.495 e. The van der Waals surface area contributed by atoms with Gasteiger partial charge in [-0.2, -0.15) is 0 Å². The first-order valence-corrected chi connectivity index (χ1v) is 17.0. The summed E-state index contributed by atoms with van der Waals surface area (Å²) >= 11 is 0. The van der Waals surface area contributed by atoms with E-state index >= 15 is 4.39 Å². The van der Waals surface area contributed by atoms with Crippen LogP contribution in [0.5, 0.6) is 5.75 Å². The van der Waals surface area contributed by atoms with Crippen molar-refractivity contribution in [2.24, 2.45) is 0 Å². The van der Waals surface area contributed by atoms with Crippen molar-refractivity contribution in [2.75, 3.05) is 51.3 Å². The molecule has 2 amide bonds. The number of ether oxygens (including phenoxy) is 1. The molecule has 262 valence electrons. The fourth-order valence-electron chi connectivity index (χ4n) is 6.74. The van der Waals surface area contributed by atoms with E-state index in [1.54, 1.807) is 52.3 Å². The van der Waals surface area contributed by atoms with Gasteiger partial charge in [0.2, 0.25) is 5.91 Å². The number of carbonyl (C=O) groups is 2. The second-order valence-corrected chi connectivity index (χ2v) is 13.9. The van der Waals surface area contributed by atoms with Crippen LogP contribution in [0.2, 0.25) is 0 Å². The van der Waals surface area contributed by atoms with Crippen LogP contribution >= 0.6 is 0 Å². The Labute approximate surface area is 290 Å². The molecule has 0 bridgehead atoms. The Morgan fingerprint density at radius 3 is 2.50 bits per heavy atom. The highest BCUT2D eigenvalue weighted by Gasteiger charge is 2.52. The predicted molar refractivity (Wildman–Crippen MR) is 187 cm³/mol. The second-order valence-electron chi connectivity index (χ2n) is 13.9. The van der Waals surface area contributed by atoms with Crippen molar-refractivity contribution in [1.82, 2.24) is 34.8 Å².